The number of rotatable bonds is 4. The van der Waals surface area contributed by atoms with E-state index in [9.17, 15) is 20.2 Å². The number of non-ortho nitro benzene ring substituents is 1. The van der Waals surface area contributed by atoms with Crippen molar-refractivity contribution >= 4 is 35.0 Å². The molecule has 0 unspecified atom stereocenters. The minimum atomic E-state index is -0.621. The van der Waals surface area contributed by atoms with Crippen molar-refractivity contribution in [2.24, 2.45) is 0 Å². The zero-order valence-electron chi connectivity index (χ0n) is 12.6. The molecule has 0 radical (unpaired) electrons. The summed E-state index contributed by atoms with van der Waals surface area (Å²) in [5.41, 5.74) is 1.41. The fourth-order valence-electron chi connectivity index (χ4n) is 1.89. The van der Waals surface area contributed by atoms with Crippen LogP contribution < -0.4 is 5.32 Å². The number of halogens is 1. The molecule has 24 heavy (non-hydrogen) atoms. The molecule has 0 atom stereocenters. The second-order valence-corrected chi connectivity index (χ2v) is 5.36. The molecule has 7 heteroatoms. The molecule has 0 aliphatic heterocycles. The van der Waals surface area contributed by atoms with E-state index in [1.54, 1.807) is 18.2 Å². The fourth-order valence-corrected chi connectivity index (χ4v) is 2.07. The van der Waals surface area contributed by atoms with E-state index in [4.69, 9.17) is 11.6 Å². The average molecular weight is 342 g/mol. The Balaban J connectivity index is 2.30. The number of hydrogen-bond donors (Lipinski definition) is 1. The van der Waals surface area contributed by atoms with E-state index in [0.717, 1.165) is 5.56 Å². The van der Waals surface area contributed by atoms with E-state index < -0.39 is 10.8 Å². The van der Waals surface area contributed by atoms with Crippen LogP contribution in [0.4, 0.5) is 11.4 Å². The molecule has 2 aromatic carbocycles. The number of nitrogens with zero attached hydrogens (tertiary/aromatic N) is 2. The molecule has 0 saturated carbocycles. The molecular formula is C17H12ClN3O3. The highest BCUT2D eigenvalue weighted by Crippen LogP contribution is 2.24. The highest BCUT2D eigenvalue weighted by molar-refractivity contribution is 6.32. The molecule has 0 heterocycles. The number of carbonyl (C=O) groups excluding carboxylic acids is 1. The number of nitrogens with one attached hydrogen (secondary N) is 1. The Kier molecular flexibility index (Phi) is 5.30. The van der Waals surface area contributed by atoms with Crippen molar-refractivity contribution < 1.29 is 9.72 Å². The molecule has 1 N–H and O–H groups in total. The largest absolute Gasteiger partial charge is 0.321 e. The van der Waals surface area contributed by atoms with Crippen LogP contribution in [0.2, 0.25) is 5.02 Å². The van der Waals surface area contributed by atoms with Crippen molar-refractivity contribution in [3.05, 3.63) is 74.3 Å². The van der Waals surface area contributed by atoms with Gasteiger partial charge in [0, 0.05) is 28.4 Å². The van der Waals surface area contributed by atoms with Crippen LogP contribution >= 0.6 is 11.6 Å². The van der Waals surface area contributed by atoms with Crippen LogP contribution in [0, 0.1) is 28.4 Å². The molecule has 6 nitrogen and oxygen atoms in total. The number of carbonyl (C=O) groups is 1. The number of amides is 1. The van der Waals surface area contributed by atoms with Crippen LogP contribution in [0.5, 0.6) is 0 Å². The average Bonchev–Trinajstić information content (AvgIpc) is 2.55. The first kappa shape index (κ1) is 17.2. The lowest BCUT2D eigenvalue weighted by Gasteiger charge is -2.05. The van der Waals surface area contributed by atoms with Gasteiger partial charge in [-0.1, -0.05) is 29.3 Å². The van der Waals surface area contributed by atoms with Gasteiger partial charge in [-0.15, -0.1) is 0 Å². The van der Waals surface area contributed by atoms with Crippen molar-refractivity contribution in [1.29, 1.82) is 5.26 Å². The van der Waals surface area contributed by atoms with Gasteiger partial charge in [-0.2, -0.15) is 5.26 Å². The van der Waals surface area contributed by atoms with E-state index >= 15 is 0 Å². The van der Waals surface area contributed by atoms with Crippen LogP contribution in [0.25, 0.3) is 6.08 Å². The first-order valence-electron chi connectivity index (χ1n) is 6.84. The number of hydrogen-bond acceptors (Lipinski definition) is 4. The first-order chi connectivity index (χ1) is 11.4. The summed E-state index contributed by atoms with van der Waals surface area (Å²) in [5.74, 6) is -0.621. The molecule has 0 saturated heterocycles. The monoisotopic (exact) mass is 341 g/mol. The Labute approximate surface area is 143 Å². The van der Waals surface area contributed by atoms with Gasteiger partial charge >= 0.3 is 0 Å². The highest BCUT2D eigenvalue weighted by atomic mass is 35.5. The van der Waals surface area contributed by atoms with Crippen LogP contribution in [0.3, 0.4) is 0 Å². The molecule has 2 aromatic rings. The first-order valence-corrected chi connectivity index (χ1v) is 7.22. The third-order valence-corrected chi connectivity index (χ3v) is 3.51. The van der Waals surface area contributed by atoms with Crippen LogP contribution in [-0.2, 0) is 4.79 Å². The minimum absolute atomic E-state index is 0.179. The maximum Gasteiger partial charge on any atom is 0.270 e. The van der Waals surface area contributed by atoms with Gasteiger partial charge in [0.25, 0.3) is 11.6 Å². The van der Waals surface area contributed by atoms with Crippen molar-refractivity contribution in [1.82, 2.24) is 0 Å². The van der Waals surface area contributed by atoms with Crippen molar-refractivity contribution in [2.75, 3.05) is 5.32 Å². The standard InChI is InChI=1S/C17H12ClN3O3/c1-11-2-4-14(5-3-11)20-17(22)13(10-19)8-12-9-15(21(23)24)6-7-16(12)18/h2-9H,1H3,(H,20,22)/b13-8+. The van der Waals surface area contributed by atoms with E-state index in [2.05, 4.69) is 5.32 Å². The minimum Gasteiger partial charge on any atom is -0.321 e. The Hall–Kier alpha value is -3.17. The Morgan fingerprint density at radius 1 is 1.29 bits per heavy atom. The number of nitro groups is 1. The summed E-state index contributed by atoms with van der Waals surface area (Å²) in [7, 11) is 0. The lowest BCUT2D eigenvalue weighted by molar-refractivity contribution is -0.384. The summed E-state index contributed by atoms with van der Waals surface area (Å²) < 4.78 is 0. The summed E-state index contributed by atoms with van der Waals surface area (Å²) in [6, 6.07) is 12.6. The Morgan fingerprint density at radius 3 is 2.54 bits per heavy atom. The predicted molar refractivity (Wildman–Crippen MR) is 91.5 cm³/mol. The lowest BCUT2D eigenvalue weighted by Crippen LogP contribution is -2.13. The van der Waals surface area contributed by atoms with Gasteiger partial charge in [0.1, 0.15) is 11.6 Å². The zero-order chi connectivity index (χ0) is 17.7. The number of aryl methyl sites for hydroxylation is 1. The molecule has 120 valence electrons. The lowest BCUT2D eigenvalue weighted by atomic mass is 10.1. The molecule has 0 fully saturated rings. The van der Waals surface area contributed by atoms with Crippen LogP contribution in [-0.4, -0.2) is 10.8 Å². The predicted octanol–water partition coefficient (Wildman–Crippen LogP) is 4.10. The van der Waals surface area contributed by atoms with E-state index in [0.29, 0.717) is 5.69 Å². The summed E-state index contributed by atoms with van der Waals surface area (Å²) in [6.45, 7) is 1.91. The number of benzene rings is 2. The summed E-state index contributed by atoms with van der Waals surface area (Å²) in [6.07, 6.45) is 1.22. The highest BCUT2D eigenvalue weighted by Gasteiger charge is 2.13. The molecule has 0 spiro atoms. The summed E-state index contributed by atoms with van der Waals surface area (Å²) >= 11 is 5.98. The molecule has 0 aliphatic rings. The van der Waals surface area contributed by atoms with Crippen molar-refractivity contribution in [3.8, 4) is 6.07 Å². The van der Waals surface area contributed by atoms with Gasteiger partial charge in [0.15, 0.2) is 0 Å². The van der Waals surface area contributed by atoms with E-state index in [1.807, 2.05) is 19.1 Å². The number of anilines is 1. The molecule has 0 bridgehead atoms. The molecule has 2 rings (SSSR count). The normalized spacial score (nSPS) is 10.8. The van der Waals surface area contributed by atoms with Gasteiger partial charge in [-0.25, -0.2) is 0 Å². The van der Waals surface area contributed by atoms with Gasteiger partial charge in [0.05, 0.1) is 4.92 Å². The molecule has 1 amide bonds. The van der Waals surface area contributed by atoms with Crippen molar-refractivity contribution in [2.45, 2.75) is 6.92 Å². The third-order valence-electron chi connectivity index (χ3n) is 3.16. The van der Waals surface area contributed by atoms with Crippen molar-refractivity contribution in [3.63, 3.8) is 0 Å². The SMILES string of the molecule is Cc1ccc(NC(=O)/C(C#N)=C/c2cc([N+](=O)[O-])ccc2Cl)cc1. The third kappa shape index (κ3) is 4.18. The van der Waals surface area contributed by atoms with Gasteiger partial charge in [0.2, 0.25) is 0 Å². The van der Waals surface area contributed by atoms with Gasteiger partial charge < -0.3 is 5.32 Å². The second kappa shape index (κ2) is 7.40. The number of nitriles is 1. The Bertz CT molecular complexity index is 868. The maximum absolute atomic E-state index is 12.2. The molecular weight excluding hydrogens is 330 g/mol. The Morgan fingerprint density at radius 2 is 1.96 bits per heavy atom. The van der Waals surface area contributed by atoms with Gasteiger partial charge in [-0.3, -0.25) is 14.9 Å². The van der Waals surface area contributed by atoms with Crippen LogP contribution in [0.1, 0.15) is 11.1 Å². The smallest absolute Gasteiger partial charge is 0.270 e. The van der Waals surface area contributed by atoms with E-state index in [-0.39, 0.29) is 21.8 Å². The topological polar surface area (TPSA) is 96.0 Å². The quantitative estimate of drug-likeness (QED) is 0.392. The zero-order valence-corrected chi connectivity index (χ0v) is 13.4. The summed E-state index contributed by atoms with van der Waals surface area (Å²) in [5, 5.41) is 22.8. The van der Waals surface area contributed by atoms with Gasteiger partial charge in [-0.05, 0) is 31.2 Å². The number of nitro benzene ring substituents is 1. The second-order valence-electron chi connectivity index (χ2n) is 4.95. The summed E-state index contributed by atoms with van der Waals surface area (Å²) in [4.78, 5) is 22.4. The molecule has 0 aromatic heterocycles. The maximum atomic E-state index is 12.2. The molecule has 0 aliphatic carbocycles. The fraction of sp³-hybridized carbons (Fsp3) is 0.0588. The van der Waals surface area contributed by atoms with Crippen LogP contribution in [0.15, 0.2) is 48.0 Å². The van der Waals surface area contributed by atoms with E-state index in [1.165, 1.54) is 24.3 Å².